The number of carbonyl (C=O) groups excluding carboxylic acids is 1. The third-order valence-electron chi connectivity index (χ3n) is 2.93. The van der Waals surface area contributed by atoms with Gasteiger partial charge in [0.2, 0.25) is 5.91 Å². The van der Waals surface area contributed by atoms with Crippen LogP contribution in [0.25, 0.3) is 0 Å². The van der Waals surface area contributed by atoms with Crippen LogP contribution in [0.3, 0.4) is 0 Å². The van der Waals surface area contributed by atoms with E-state index in [0.29, 0.717) is 17.9 Å². The minimum atomic E-state index is -0.266. The molecular weight excluding hydrogens is 166 g/mol. The van der Waals surface area contributed by atoms with E-state index in [1.165, 1.54) is 0 Å². The number of fused-ring (bicyclic) bond motifs is 1. The lowest BCUT2D eigenvalue weighted by Gasteiger charge is -2.18. The van der Waals surface area contributed by atoms with Gasteiger partial charge in [0.25, 0.3) is 0 Å². The van der Waals surface area contributed by atoms with Crippen molar-refractivity contribution in [3.63, 3.8) is 0 Å². The summed E-state index contributed by atoms with van der Waals surface area (Å²) in [5.41, 5.74) is -0.266. The van der Waals surface area contributed by atoms with Crippen LogP contribution in [0.15, 0.2) is 0 Å². The van der Waals surface area contributed by atoms with Crippen LogP contribution in [0.1, 0.15) is 20.8 Å². The molecule has 0 aromatic carbocycles. The summed E-state index contributed by atoms with van der Waals surface area (Å²) in [6, 6.07) is 0.403. The van der Waals surface area contributed by atoms with Gasteiger partial charge >= 0.3 is 0 Å². The first-order chi connectivity index (χ1) is 6.00. The van der Waals surface area contributed by atoms with Crippen molar-refractivity contribution in [1.82, 2.24) is 5.32 Å². The first-order valence-electron chi connectivity index (χ1n) is 4.89. The lowest BCUT2D eigenvalue weighted by atomic mass is 9.95. The van der Waals surface area contributed by atoms with Crippen LogP contribution < -0.4 is 5.32 Å². The second kappa shape index (κ2) is 2.71. The molecule has 2 aliphatic rings. The summed E-state index contributed by atoms with van der Waals surface area (Å²) in [5.74, 6) is 1.37. The van der Waals surface area contributed by atoms with Gasteiger partial charge in [-0.15, -0.1) is 0 Å². The second-order valence-electron chi connectivity index (χ2n) is 5.11. The molecule has 2 rings (SSSR count). The minimum absolute atomic E-state index is 0.159. The molecule has 2 fully saturated rings. The highest BCUT2D eigenvalue weighted by atomic mass is 16.5. The van der Waals surface area contributed by atoms with E-state index in [9.17, 15) is 4.79 Å². The van der Waals surface area contributed by atoms with Crippen LogP contribution in [-0.2, 0) is 9.53 Å². The van der Waals surface area contributed by atoms with Gasteiger partial charge in [-0.05, 0) is 0 Å². The zero-order valence-electron chi connectivity index (χ0n) is 8.46. The molecule has 0 aromatic heterocycles. The maximum absolute atomic E-state index is 11.6. The van der Waals surface area contributed by atoms with Gasteiger partial charge in [-0.2, -0.15) is 0 Å². The number of hydrogen-bond acceptors (Lipinski definition) is 2. The van der Waals surface area contributed by atoms with Gasteiger partial charge in [0.15, 0.2) is 0 Å². The van der Waals surface area contributed by atoms with E-state index in [0.717, 1.165) is 13.2 Å². The Labute approximate surface area is 78.8 Å². The van der Waals surface area contributed by atoms with Crippen molar-refractivity contribution in [3.8, 4) is 0 Å². The molecule has 1 aliphatic carbocycles. The van der Waals surface area contributed by atoms with Crippen LogP contribution in [0.2, 0.25) is 0 Å². The minimum Gasteiger partial charge on any atom is -0.381 e. The zero-order chi connectivity index (χ0) is 9.64. The monoisotopic (exact) mass is 183 g/mol. The van der Waals surface area contributed by atoms with Crippen molar-refractivity contribution >= 4 is 5.91 Å². The molecule has 2 atom stereocenters. The molecule has 0 spiro atoms. The van der Waals surface area contributed by atoms with Crippen LogP contribution in [0.5, 0.6) is 0 Å². The summed E-state index contributed by atoms with van der Waals surface area (Å²) in [5, 5.41) is 3.08. The van der Waals surface area contributed by atoms with Crippen molar-refractivity contribution < 1.29 is 9.53 Å². The topological polar surface area (TPSA) is 38.3 Å². The fourth-order valence-corrected chi connectivity index (χ4v) is 1.82. The van der Waals surface area contributed by atoms with Gasteiger partial charge in [-0.3, -0.25) is 4.79 Å². The summed E-state index contributed by atoms with van der Waals surface area (Å²) in [4.78, 5) is 11.6. The number of nitrogens with one attached hydrogen (secondary N) is 1. The van der Waals surface area contributed by atoms with Gasteiger partial charge in [0.1, 0.15) is 0 Å². The highest BCUT2D eigenvalue weighted by Crippen LogP contribution is 2.44. The maximum atomic E-state index is 11.6. The lowest BCUT2D eigenvalue weighted by Crippen LogP contribution is -2.38. The predicted molar refractivity (Wildman–Crippen MR) is 49.2 cm³/mol. The highest BCUT2D eigenvalue weighted by molar-refractivity contribution is 5.82. The Hall–Kier alpha value is -0.570. The molecule has 3 nitrogen and oxygen atoms in total. The van der Waals surface area contributed by atoms with Crippen molar-refractivity contribution in [3.05, 3.63) is 0 Å². The summed E-state index contributed by atoms with van der Waals surface area (Å²) in [6.07, 6.45) is 0. The molecule has 74 valence electrons. The Kier molecular flexibility index (Phi) is 1.88. The molecule has 0 radical (unpaired) electrons. The Morgan fingerprint density at radius 1 is 1.31 bits per heavy atom. The molecule has 13 heavy (non-hydrogen) atoms. The number of hydrogen-bond donors (Lipinski definition) is 1. The average molecular weight is 183 g/mol. The standard InChI is InChI=1S/C10H17NO2/c1-10(2,3)9(12)11-8-6-4-13-5-7(6)8/h6-8H,4-5H2,1-3H3,(H,11,12)/t6-,7-/m0/s1. The fraction of sp³-hybridized carbons (Fsp3) is 0.900. The Morgan fingerprint density at radius 3 is 2.31 bits per heavy atom. The van der Waals surface area contributed by atoms with E-state index < -0.39 is 0 Å². The SMILES string of the molecule is CC(C)(C)C(=O)NC1[C@H]2COC[C@H]12. The third kappa shape index (κ3) is 1.57. The zero-order valence-corrected chi connectivity index (χ0v) is 8.46. The Bertz CT molecular complexity index is 222. The van der Waals surface area contributed by atoms with Crippen molar-refractivity contribution in [1.29, 1.82) is 0 Å². The van der Waals surface area contributed by atoms with Gasteiger partial charge < -0.3 is 10.1 Å². The molecule has 0 bridgehead atoms. The van der Waals surface area contributed by atoms with Gasteiger partial charge in [-0.1, -0.05) is 20.8 Å². The highest BCUT2D eigenvalue weighted by Gasteiger charge is 2.55. The Balaban J connectivity index is 1.84. The molecule has 3 heteroatoms. The maximum Gasteiger partial charge on any atom is 0.225 e. The Morgan fingerprint density at radius 2 is 1.85 bits per heavy atom. The smallest absolute Gasteiger partial charge is 0.225 e. The molecular formula is C10H17NO2. The second-order valence-corrected chi connectivity index (χ2v) is 5.11. The van der Waals surface area contributed by atoms with Crippen LogP contribution in [0.4, 0.5) is 0 Å². The fourth-order valence-electron chi connectivity index (χ4n) is 1.82. The molecule has 1 aliphatic heterocycles. The quantitative estimate of drug-likeness (QED) is 0.653. The van der Waals surface area contributed by atoms with E-state index in [2.05, 4.69) is 5.32 Å². The molecule has 1 saturated heterocycles. The number of rotatable bonds is 1. The molecule has 0 aromatic rings. The van der Waals surface area contributed by atoms with Crippen molar-refractivity contribution in [2.24, 2.45) is 17.3 Å². The van der Waals surface area contributed by atoms with E-state index in [1.54, 1.807) is 0 Å². The van der Waals surface area contributed by atoms with Crippen LogP contribution in [0, 0.1) is 17.3 Å². The first-order valence-corrected chi connectivity index (χ1v) is 4.89. The van der Waals surface area contributed by atoms with E-state index in [4.69, 9.17) is 4.74 Å². The third-order valence-corrected chi connectivity index (χ3v) is 2.93. The summed E-state index contributed by atoms with van der Waals surface area (Å²) < 4.78 is 5.25. The molecule has 1 N–H and O–H groups in total. The van der Waals surface area contributed by atoms with Gasteiger partial charge in [0, 0.05) is 23.3 Å². The number of amides is 1. The van der Waals surface area contributed by atoms with Gasteiger partial charge in [-0.25, -0.2) is 0 Å². The number of carbonyl (C=O) groups is 1. The average Bonchev–Trinajstić information content (AvgIpc) is 2.47. The van der Waals surface area contributed by atoms with Crippen molar-refractivity contribution in [2.75, 3.05) is 13.2 Å². The molecule has 1 saturated carbocycles. The first kappa shape index (κ1) is 9.00. The van der Waals surface area contributed by atoms with Crippen LogP contribution >= 0.6 is 0 Å². The van der Waals surface area contributed by atoms with Crippen LogP contribution in [-0.4, -0.2) is 25.2 Å². The van der Waals surface area contributed by atoms with Crippen molar-refractivity contribution in [2.45, 2.75) is 26.8 Å². The number of ether oxygens (including phenoxy) is 1. The molecule has 0 unspecified atom stereocenters. The molecule has 1 amide bonds. The van der Waals surface area contributed by atoms with E-state index in [1.807, 2.05) is 20.8 Å². The lowest BCUT2D eigenvalue weighted by molar-refractivity contribution is -0.128. The predicted octanol–water partition coefficient (Wildman–Crippen LogP) is 0.793. The van der Waals surface area contributed by atoms with Gasteiger partial charge in [0.05, 0.1) is 13.2 Å². The summed E-state index contributed by atoms with van der Waals surface area (Å²) in [6.45, 7) is 7.49. The summed E-state index contributed by atoms with van der Waals surface area (Å²) in [7, 11) is 0. The summed E-state index contributed by atoms with van der Waals surface area (Å²) >= 11 is 0. The normalized spacial score (nSPS) is 37.0. The van der Waals surface area contributed by atoms with E-state index in [-0.39, 0.29) is 11.3 Å². The van der Waals surface area contributed by atoms with E-state index >= 15 is 0 Å². The largest absolute Gasteiger partial charge is 0.381 e. The molecule has 1 heterocycles.